The van der Waals surface area contributed by atoms with Crippen LogP contribution in [0.1, 0.15) is 0 Å². The Morgan fingerprint density at radius 1 is 1.43 bits per heavy atom. The van der Waals surface area contributed by atoms with Gasteiger partial charge < -0.3 is 4.57 Å². The number of rotatable bonds is 2. The third kappa shape index (κ3) is 3.02. The molecule has 0 radical (unpaired) electrons. The Balaban J connectivity index is 3.14. The van der Waals surface area contributed by atoms with Gasteiger partial charge >= 0.3 is 0 Å². The van der Waals surface area contributed by atoms with Gasteiger partial charge in [0.15, 0.2) is 0 Å². The monoisotopic (exact) mass is 133 g/mol. The third-order valence-electron chi connectivity index (χ3n) is 1.47. The van der Waals surface area contributed by atoms with E-state index >= 15 is 0 Å². The van der Waals surface area contributed by atoms with Gasteiger partial charge in [-0.25, -0.2) is 0 Å². The van der Waals surface area contributed by atoms with E-state index in [1.54, 1.807) is 0 Å². The van der Waals surface area contributed by atoms with Crippen LogP contribution in [-0.4, -0.2) is 36.2 Å². The van der Waals surface area contributed by atoms with Crippen LogP contribution < -0.4 is 0 Å². The molecule has 0 spiro atoms. The van der Waals surface area contributed by atoms with Gasteiger partial charge in [-0.15, -0.1) is 0 Å². The van der Waals surface area contributed by atoms with Gasteiger partial charge in [0.25, 0.3) is 0 Å². The van der Waals surface area contributed by atoms with Crippen LogP contribution in [0, 0.1) is 0 Å². The average molecular weight is 133 g/mol. The molecule has 7 heavy (non-hydrogen) atoms. The molecule has 0 aromatic heterocycles. The fourth-order valence-electron chi connectivity index (χ4n) is 0.365. The zero-order valence-corrected chi connectivity index (χ0v) is 8.30. The molecule has 0 amide bonds. The SMILES string of the molecule is C[SiH2][SiH](C)N(C)C. The van der Waals surface area contributed by atoms with Crippen molar-refractivity contribution in [3.8, 4) is 0 Å². The molecule has 0 saturated carbocycles. The van der Waals surface area contributed by atoms with E-state index in [1.807, 2.05) is 0 Å². The maximum atomic E-state index is 2.42. The minimum absolute atomic E-state index is 0.282. The fraction of sp³-hybridized carbons (Fsp3) is 1.00. The minimum Gasteiger partial charge on any atom is -0.335 e. The molecule has 1 atom stereocenters. The summed E-state index contributed by atoms with van der Waals surface area (Å²) in [5.74, 6) is 0. The van der Waals surface area contributed by atoms with Crippen LogP contribution in [0.5, 0.6) is 0 Å². The molecule has 0 aliphatic heterocycles. The predicted molar refractivity (Wildman–Crippen MR) is 41.1 cm³/mol. The van der Waals surface area contributed by atoms with Crippen molar-refractivity contribution in [3.63, 3.8) is 0 Å². The van der Waals surface area contributed by atoms with Crippen LogP contribution in [0.3, 0.4) is 0 Å². The van der Waals surface area contributed by atoms with Crippen LogP contribution in [0.15, 0.2) is 0 Å². The minimum atomic E-state index is -0.282. The molecule has 0 aliphatic rings. The van der Waals surface area contributed by atoms with Crippen molar-refractivity contribution < 1.29 is 0 Å². The number of hydrogen-bond donors (Lipinski definition) is 0. The van der Waals surface area contributed by atoms with Crippen LogP contribution in [-0.2, 0) is 0 Å². The summed E-state index contributed by atoms with van der Waals surface area (Å²) in [5, 5.41) is 0. The highest BCUT2D eigenvalue weighted by molar-refractivity contribution is 7.09. The van der Waals surface area contributed by atoms with Crippen molar-refractivity contribution in [3.05, 3.63) is 0 Å². The molecule has 44 valence electrons. The molecule has 0 fully saturated rings. The second-order valence-electron chi connectivity index (χ2n) is 2.22. The van der Waals surface area contributed by atoms with E-state index in [4.69, 9.17) is 0 Å². The first-order chi connectivity index (χ1) is 3.18. The smallest absolute Gasteiger partial charge is 0.0911 e. The number of hydrogen-bond acceptors (Lipinski definition) is 1. The van der Waals surface area contributed by atoms with Crippen LogP contribution >= 0.6 is 0 Å². The lowest BCUT2D eigenvalue weighted by atomic mass is 11.3. The van der Waals surface area contributed by atoms with Crippen molar-refractivity contribution in [2.45, 2.75) is 13.1 Å². The molecule has 1 unspecified atom stereocenters. The highest BCUT2D eigenvalue weighted by Crippen LogP contribution is 1.80. The van der Waals surface area contributed by atoms with Gasteiger partial charge in [0.2, 0.25) is 0 Å². The second kappa shape index (κ2) is 3.40. The molecule has 0 aromatic rings. The van der Waals surface area contributed by atoms with Crippen LogP contribution in [0.2, 0.25) is 13.1 Å². The highest BCUT2D eigenvalue weighted by atomic mass is 29.2. The van der Waals surface area contributed by atoms with Crippen molar-refractivity contribution in [2.75, 3.05) is 14.1 Å². The Hall–Kier alpha value is 0.394. The van der Waals surface area contributed by atoms with E-state index in [-0.39, 0.29) is 8.48 Å². The molecule has 0 saturated heterocycles. The molecule has 0 aliphatic carbocycles. The summed E-state index contributed by atoms with van der Waals surface area (Å²) in [6, 6.07) is 0. The summed E-state index contributed by atoms with van der Waals surface area (Å²) < 4.78 is 2.42. The molecule has 0 N–H and O–H groups in total. The average Bonchev–Trinajstić information content (AvgIpc) is 1.65. The maximum Gasteiger partial charge on any atom is 0.0911 e. The summed E-state index contributed by atoms with van der Waals surface area (Å²) in [6.07, 6.45) is 0. The van der Waals surface area contributed by atoms with Crippen molar-refractivity contribution in [2.24, 2.45) is 0 Å². The molecule has 0 bridgehead atoms. The van der Waals surface area contributed by atoms with Gasteiger partial charge in [0, 0.05) is 9.04 Å². The van der Waals surface area contributed by atoms with E-state index in [2.05, 4.69) is 31.8 Å². The van der Waals surface area contributed by atoms with E-state index in [0.717, 1.165) is 0 Å². The Kier molecular flexibility index (Phi) is 3.59. The van der Waals surface area contributed by atoms with Gasteiger partial charge in [0.05, 0.1) is 8.48 Å². The zero-order chi connectivity index (χ0) is 5.86. The lowest BCUT2D eigenvalue weighted by Gasteiger charge is -2.14. The summed E-state index contributed by atoms with van der Waals surface area (Å²) in [7, 11) is 4.48. The Morgan fingerprint density at radius 2 is 1.86 bits per heavy atom. The maximum absolute atomic E-state index is 2.42. The molecule has 0 rings (SSSR count). The van der Waals surface area contributed by atoms with E-state index in [9.17, 15) is 0 Å². The fourth-order valence-corrected chi connectivity index (χ4v) is 3.29. The standard InChI is InChI=1S/C4H15NSi2/c1-5(2)7(4)6-3/h7H,6H2,1-4H3. The Morgan fingerprint density at radius 3 is 1.86 bits per heavy atom. The topological polar surface area (TPSA) is 3.24 Å². The summed E-state index contributed by atoms with van der Waals surface area (Å²) in [4.78, 5) is 0. The van der Waals surface area contributed by atoms with Gasteiger partial charge in [0.1, 0.15) is 0 Å². The van der Waals surface area contributed by atoms with E-state index in [0.29, 0.717) is 9.04 Å². The van der Waals surface area contributed by atoms with Gasteiger partial charge in [-0.2, -0.15) is 0 Å². The first-order valence-electron chi connectivity index (χ1n) is 2.85. The highest BCUT2D eigenvalue weighted by Gasteiger charge is 2.00. The van der Waals surface area contributed by atoms with Gasteiger partial charge in [-0.1, -0.05) is 13.1 Å². The lowest BCUT2D eigenvalue weighted by Crippen LogP contribution is -2.34. The summed E-state index contributed by atoms with van der Waals surface area (Å²) in [6.45, 7) is 4.82. The summed E-state index contributed by atoms with van der Waals surface area (Å²) in [5.41, 5.74) is 0. The lowest BCUT2D eigenvalue weighted by molar-refractivity contribution is 0.658. The first-order valence-corrected chi connectivity index (χ1v) is 9.20. The molecule has 1 nitrogen and oxygen atoms in total. The van der Waals surface area contributed by atoms with Crippen molar-refractivity contribution >= 4 is 17.5 Å². The summed E-state index contributed by atoms with van der Waals surface area (Å²) >= 11 is 0. The van der Waals surface area contributed by atoms with Crippen LogP contribution in [0.4, 0.5) is 0 Å². The first kappa shape index (κ1) is 7.39. The second-order valence-corrected chi connectivity index (χ2v) is 11.8. The molecule has 0 aromatic carbocycles. The van der Waals surface area contributed by atoms with E-state index < -0.39 is 0 Å². The van der Waals surface area contributed by atoms with Crippen molar-refractivity contribution in [1.82, 2.24) is 4.57 Å². The molecular weight excluding hydrogens is 118 g/mol. The van der Waals surface area contributed by atoms with Crippen LogP contribution in [0.25, 0.3) is 0 Å². The number of nitrogens with zero attached hydrogens (tertiary/aromatic N) is 1. The quantitative estimate of drug-likeness (QED) is 0.464. The molecule has 3 heteroatoms. The normalized spacial score (nSPS) is 16.7. The van der Waals surface area contributed by atoms with Crippen molar-refractivity contribution in [1.29, 1.82) is 0 Å². The largest absolute Gasteiger partial charge is 0.335 e. The molecular formula is C4H15NSi2. The Labute approximate surface area is 50.0 Å². The van der Waals surface area contributed by atoms with Gasteiger partial charge in [-0.3, -0.25) is 0 Å². The Bertz CT molecular complexity index is 47.0. The molecule has 0 heterocycles. The van der Waals surface area contributed by atoms with Gasteiger partial charge in [-0.05, 0) is 14.1 Å². The predicted octanol–water partition coefficient (Wildman–Crippen LogP) is -0.385. The third-order valence-corrected chi connectivity index (χ3v) is 10.2. The van der Waals surface area contributed by atoms with E-state index in [1.165, 1.54) is 0 Å². The zero-order valence-electron chi connectivity index (χ0n) is 5.73.